The predicted octanol–water partition coefficient (Wildman–Crippen LogP) is 6.60. The number of benzene rings is 2. The third-order valence-electron chi connectivity index (χ3n) is 2.65. The maximum atomic E-state index is 11.8. The zero-order valence-electron chi connectivity index (χ0n) is 11.2. The summed E-state index contributed by atoms with van der Waals surface area (Å²) in [6, 6.07) is 10.1. The lowest BCUT2D eigenvalue weighted by Gasteiger charge is -1.97. The van der Waals surface area contributed by atoms with Gasteiger partial charge in [-0.2, -0.15) is 0 Å². The van der Waals surface area contributed by atoms with E-state index in [1.54, 1.807) is 48.6 Å². The molecule has 2 rings (SSSR count). The maximum absolute atomic E-state index is 11.8. The van der Waals surface area contributed by atoms with Crippen molar-refractivity contribution in [2.45, 2.75) is 0 Å². The van der Waals surface area contributed by atoms with Crippen LogP contribution in [-0.2, 0) is 4.79 Å². The molecule has 1 nitrogen and oxygen atoms in total. The van der Waals surface area contributed by atoms with Crippen molar-refractivity contribution >= 4 is 64.3 Å². The topological polar surface area (TPSA) is 17.1 Å². The molecule has 0 amide bonds. The molecule has 0 saturated heterocycles. The minimum Gasteiger partial charge on any atom is -0.290 e. The first-order chi connectivity index (χ1) is 10.4. The molecule has 22 heavy (non-hydrogen) atoms. The molecule has 2 aromatic carbocycles. The second-order valence-electron chi connectivity index (χ2n) is 4.47. The van der Waals surface area contributed by atoms with E-state index < -0.39 is 0 Å². The largest absolute Gasteiger partial charge is 0.290 e. The Morgan fingerprint density at radius 3 is 1.27 bits per heavy atom. The van der Waals surface area contributed by atoms with E-state index in [-0.39, 0.29) is 5.78 Å². The SMILES string of the molecule is O=C(/C=C/c1cc(Cl)cc(Cl)c1)/C=C/c1cc(Cl)cc(Cl)c1. The second kappa shape index (κ2) is 7.85. The summed E-state index contributed by atoms with van der Waals surface area (Å²) in [6.45, 7) is 0. The van der Waals surface area contributed by atoms with Crippen LogP contribution in [0.2, 0.25) is 20.1 Å². The van der Waals surface area contributed by atoms with Crippen molar-refractivity contribution in [3.63, 3.8) is 0 Å². The van der Waals surface area contributed by atoms with Crippen LogP contribution in [0.5, 0.6) is 0 Å². The Labute approximate surface area is 148 Å². The highest BCUT2D eigenvalue weighted by Gasteiger charge is 1.98. The van der Waals surface area contributed by atoms with Crippen LogP contribution < -0.4 is 0 Å². The summed E-state index contributed by atoms with van der Waals surface area (Å²) < 4.78 is 0. The maximum Gasteiger partial charge on any atom is 0.178 e. The highest BCUT2D eigenvalue weighted by Crippen LogP contribution is 2.21. The number of rotatable bonds is 4. The minimum absolute atomic E-state index is 0.174. The van der Waals surface area contributed by atoms with E-state index in [2.05, 4.69) is 0 Å². The molecule has 2 aromatic rings. The molecule has 0 unspecified atom stereocenters. The smallest absolute Gasteiger partial charge is 0.178 e. The molecule has 0 radical (unpaired) electrons. The van der Waals surface area contributed by atoms with Crippen LogP contribution in [0.3, 0.4) is 0 Å². The van der Waals surface area contributed by atoms with Crippen LogP contribution >= 0.6 is 46.4 Å². The summed E-state index contributed by atoms with van der Waals surface area (Å²) in [5.74, 6) is -0.174. The van der Waals surface area contributed by atoms with Crippen LogP contribution in [0, 0.1) is 0 Å². The number of hydrogen-bond acceptors (Lipinski definition) is 1. The summed E-state index contributed by atoms with van der Waals surface area (Å²) in [5, 5.41) is 2.07. The molecule has 0 saturated carbocycles. The van der Waals surface area contributed by atoms with Gasteiger partial charge in [0.15, 0.2) is 5.78 Å². The average Bonchev–Trinajstić information content (AvgIpc) is 2.41. The molecule has 0 aliphatic heterocycles. The molecular weight excluding hydrogens is 362 g/mol. The lowest BCUT2D eigenvalue weighted by molar-refractivity contribution is -0.110. The van der Waals surface area contributed by atoms with Gasteiger partial charge in [-0.1, -0.05) is 58.6 Å². The number of ketones is 1. The molecule has 0 aliphatic rings. The van der Waals surface area contributed by atoms with E-state index in [9.17, 15) is 4.79 Å². The molecule has 0 N–H and O–H groups in total. The fourth-order valence-corrected chi connectivity index (χ4v) is 2.84. The third-order valence-corrected chi connectivity index (χ3v) is 3.52. The molecule has 0 aliphatic carbocycles. The number of hydrogen-bond donors (Lipinski definition) is 0. The van der Waals surface area contributed by atoms with E-state index in [0.29, 0.717) is 20.1 Å². The Kier molecular flexibility index (Phi) is 6.10. The van der Waals surface area contributed by atoms with Gasteiger partial charge in [0.25, 0.3) is 0 Å². The van der Waals surface area contributed by atoms with Crippen molar-refractivity contribution in [2.75, 3.05) is 0 Å². The highest BCUT2D eigenvalue weighted by molar-refractivity contribution is 6.35. The molecule has 112 valence electrons. The normalized spacial score (nSPS) is 11.5. The molecule has 5 heteroatoms. The summed E-state index contributed by atoms with van der Waals surface area (Å²) in [5.41, 5.74) is 1.51. The minimum atomic E-state index is -0.174. The van der Waals surface area contributed by atoms with E-state index in [4.69, 9.17) is 46.4 Å². The summed E-state index contributed by atoms with van der Waals surface area (Å²) in [6.07, 6.45) is 6.17. The first-order valence-corrected chi connectivity index (χ1v) is 7.76. The predicted molar refractivity (Wildman–Crippen MR) is 96.0 cm³/mol. The first-order valence-electron chi connectivity index (χ1n) is 6.25. The van der Waals surface area contributed by atoms with E-state index in [0.717, 1.165) is 11.1 Å². The number of halogens is 4. The Balaban J connectivity index is 2.08. The number of allylic oxidation sites excluding steroid dienone is 2. The number of carbonyl (C=O) groups excluding carboxylic acids is 1. The Morgan fingerprint density at radius 2 is 0.955 bits per heavy atom. The zero-order valence-corrected chi connectivity index (χ0v) is 14.2. The second-order valence-corrected chi connectivity index (χ2v) is 6.22. The van der Waals surface area contributed by atoms with Gasteiger partial charge in [-0.3, -0.25) is 4.79 Å². The van der Waals surface area contributed by atoms with Gasteiger partial charge in [-0.05, 0) is 59.7 Å². The van der Waals surface area contributed by atoms with Gasteiger partial charge in [-0.15, -0.1) is 0 Å². The molecule has 0 atom stereocenters. The lowest BCUT2D eigenvalue weighted by Crippen LogP contribution is -1.85. The van der Waals surface area contributed by atoms with E-state index >= 15 is 0 Å². The van der Waals surface area contributed by atoms with Crippen molar-refractivity contribution in [2.24, 2.45) is 0 Å². The van der Waals surface area contributed by atoms with Crippen LogP contribution in [0.4, 0.5) is 0 Å². The summed E-state index contributed by atoms with van der Waals surface area (Å²) in [4.78, 5) is 11.8. The van der Waals surface area contributed by atoms with Gasteiger partial charge in [0.1, 0.15) is 0 Å². The molecule has 0 spiro atoms. The lowest BCUT2D eigenvalue weighted by atomic mass is 10.1. The Morgan fingerprint density at radius 1 is 0.636 bits per heavy atom. The monoisotopic (exact) mass is 370 g/mol. The van der Waals surface area contributed by atoms with Gasteiger partial charge < -0.3 is 0 Å². The van der Waals surface area contributed by atoms with E-state index in [1.807, 2.05) is 0 Å². The van der Waals surface area contributed by atoms with Crippen LogP contribution in [0.25, 0.3) is 12.2 Å². The molecule has 0 heterocycles. The fourth-order valence-electron chi connectivity index (χ4n) is 1.76. The first kappa shape index (κ1) is 17.1. The van der Waals surface area contributed by atoms with Crippen LogP contribution in [0.15, 0.2) is 48.6 Å². The van der Waals surface area contributed by atoms with Crippen molar-refractivity contribution in [3.05, 3.63) is 79.8 Å². The van der Waals surface area contributed by atoms with E-state index in [1.165, 1.54) is 12.2 Å². The van der Waals surface area contributed by atoms with Crippen LogP contribution in [0.1, 0.15) is 11.1 Å². The Bertz CT molecular complexity index is 659. The molecular formula is C17H10Cl4O. The summed E-state index contributed by atoms with van der Waals surface area (Å²) >= 11 is 23.6. The van der Waals surface area contributed by atoms with Gasteiger partial charge in [0, 0.05) is 20.1 Å². The molecule has 0 fully saturated rings. The Hall–Kier alpha value is -1.25. The average molecular weight is 372 g/mol. The molecule has 0 bridgehead atoms. The van der Waals surface area contributed by atoms with Crippen molar-refractivity contribution < 1.29 is 4.79 Å². The van der Waals surface area contributed by atoms with Crippen molar-refractivity contribution in [1.82, 2.24) is 0 Å². The fraction of sp³-hybridized carbons (Fsp3) is 0. The third kappa shape index (κ3) is 5.51. The standard InChI is InChI=1S/C17H10Cl4O/c18-13-5-11(6-14(19)9-13)1-3-17(22)4-2-12-7-15(20)10-16(21)8-12/h1-10H/b3-1+,4-2+. The summed E-state index contributed by atoms with van der Waals surface area (Å²) in [7, 11) is 0. The van der Waals surface area contributed by atoms with Crippen molar-refractivity contribution in [1.29, 1.82) is 0 Å². The zero-order chi connectivity index (χ0) is 16.1. The highest BCUT2D eigenvalue weighted by atomic mass is 35.5. The van der Waals surface area contributed by atoms with Gasteiger partial charge in [-0.25, -0.2) is 0 Å². The van der Waals surface area contributed by atoms with Gasteiger partial charge in [0.05, 0.1) is 0 Å². The number of carbonyl (C=O) groups is 1. The molecule has 0 aromatic heterocycles. The van der Waals surface area contributed by atoms with Crippen LogP contribution in [-0.4, -0.2) is 5.78 Å². The van der Waals surface area contributed by atoms with Gasteiger partial charge in [0.2, 0.25) is 0 Å². The van der Waals surface area contributed by atoms with Crippen molar-refractivity contribution in [3.8, 4) is 0 Å². The quantitative estimate of drug-likeness (QED) is 0.553. The van der Waals surface area contributed by atoms with Gasteiger partial charge >= 0.3 is 0 Å².